The molecule has 2 aliphatic rings. The van der Waals surface area contributed by atoms with E-state index in [1.54, 1.807) is 19.2 Å². The van der Waals surface area contributed by atoms with Crippen molar-refractivity contribution in [3.63, 3.8) is 0 Å². The minimum absolute atomic E-state index is 0.0236. The van der Waals surface area contributed by atoms with E-state index in [0.717, 1.165) is 24.2 Å². The second kappa shape index (κ2) is 9.60. The highest BCUT2D eigenvalue weighted by molar-refractivity contribution is 6.07. The Morgan fingerprint density at radius 3 is 2.53 bits per heavy atom. The molecule has 0 bridgehead atoms. The minimum Gasteiger partial charge on any atom is -0.497 e. The van der Waals surface area contributed by atoms with E-state index in [1.807, 2.05) is 12.1 Å². The standard InChI is InChI=1S/C21H27N3O6/c1-29-16-8-6-15(7-9-16)13-22-17(25)14-30-18(26)5-4-12-24-19(27)21(23-20(24)28)10-2-3-11-21/h6-9H,2-5,10-14H2,1H3,(H,22,25)(H,23,28). The molecule has 2 fully saturated rings. The fourth-order valence-corrected chi connectivity index (χ4v) is 3.79. The largest absolute Gasteiger partial charge is 0.497 e. The third-order valence-corrected chi connectivity index (χ3v) is 5.48. The quantitative estimate of drug-likeness (QED) is 0.465. The van der Waals surface area contributed by atoms with E-state index in [9.17, 15) is 19.2 Å². The molecule has 30 heavy (non-hydrogen) atoms. The number of nitrogens with one attached hydrogen (secondary N) is 2. The second-order valence-corrected chi connectivity index (χ2v) is 7.57. The molecule has 0 radical (unpaired) electrons. The van der Waals surface area contributed by atoms with Gasteiger partial charge in [-0.2, -0.15) is 0 Å². The van der Waals surface area contributed by atoms with Crippen LogP contribution in [0.4, 0.5) is 4.79 Å². The fraction of sp³-hybridized carbons (Fsp3) is 0.524. The second-order valence-electron chi connectivity index (χ2n) is 7.57. The first kappa shape index (κ1) is 21.6. The summed E-state index contributed by atoms with van der Waals surface area (Å²) in [5.74, 6) is -0.421. The average Bonchev–Trinajstić information content (AvgIpc) is 3.31. The number of imide groups is 1. The SMILES string of the molecule is COc1ccc(CNC(=O)COC(=O)CCCN2C(=O)NC3(CCCC3)C2=O)cc1. The first-order valence-corrected chi connectivity index (χ1v) is 10.1. The highest BCUT2D eigenvalue weighted by Gasteiger charge is 2.52. The van der Waals surface area contributed by atoms with Gasteiger partial charge >= 0.3 is 12.0 Å². The number of esters is 1. The maximum absolute atomic E-state index is 12.5. The molecule has 1 saturated carbocycles. The molecule has 1 heterocycles. The summed E-state index contributed by atoms with van der Waals surface area (Å²) in [6, 6.07) is 6.85. The van der Waals surface area contributed by atoms with Crippen LogP contribution < -0.4 is 15.4 Å². The highest BCUT2D eigenvalue weighted by Crippen LogP contribution is 2.35. The van der Waals surface area contributed by atoms with Crippen LogP contribution >= 0.6 is 0 Å². The lowest BCUT2D eigenvalue weighted by Gasteiger charge is -2.19. The van der Waals surface area contributed by atoms with Gasteiger partial charge in [-0.25, -0.2) is 4.79 Å². The lowest BCUT2D eigenvalue weighted by Crippen LogP contribution is -2.44. The van der Waals surface area contributed by atoms with Crippen LogP contribution in [0.15, 0.2) is 24.3 Å². The molecule has 4 amide bonds. The van der Waals surface area contributed by atoms with Crippen LogP contribution in [-0.4, -0.2) is 54.5 Å². The Morgan fingerprint density at radius 1 is 1.17 bits per heavy atom. The molecule has 0 unspecified atom stereocenters. The van der Waals surface area contributed by atoms with Gasteiger partial charge in [0.1, 0.15) is 11.3 Å². The molecule has 0 atom stereocenters. The zero-order valence-corrected chi connectivity index (χ0v) is 17.1. The van der Waals surface area contributed by atoms with E-state index in [0.29, 0.717) is 25.8 Å². The van der Waals surface area contributed by atoms with Crippen molar-refractivity contribution in [3.05, 3.63) is 29.8 Å². The van der Waals surface area contributed by atoms with Crippen molar-refractivity contribution >= 4 is 23.8 Å². The van der Waals surface area contributed by atoms with Gasteiger partial charge in [0, 0.05) is 19.5 Å². The summed E-state index contributed by atoms with van der Waals surface area (Å²) < 4.78 is 10.0. The summed E-state index contributed by atoms with van der Waals surface area (Å²) in [5.41, 5.74) is 0.156. The van der Waals surface area contributed by atoms with Crippen LogP contribution in [-0.2, 0) is 25.7 Å². The van der Waals surface area contributed by atoms with Gasteiger partial charge in [-0.1, -0.05) is 25.0 Å². The van der Waals surface area contributed by atoms with Crippen LogP contribution in [0.25, 0.3) is 0 Å². The Balaban J connectivity index is 1.32. The van der Waals surface area contributed by atoms with Gasteiger partial charge in [0.15, 0.2) is 6.61 Å². The summed E-state index contributed by atoms with van der Waals surface area (Å²) >= 11 is 0. The number of amides is 4. The Labute approximate surface area is 175 Å². The molecule has 9 heteroatoms. The zero-order chi connectivity index (χ0) is 21.6. The Morgan fingerprint density at radius 2 is 1.87 bits per heavy atom. The van der Waals surface area contributed by atoms with Crippen LogP contribution in [0.1, 0.15) is 44.1 Å². The molecule has 1 saturated heterocycles. The third kappa shape index (κ3) is 5.08. The number of hydrogen-bond donors (Lipinski definition) is 2. The predicted molar refractivity (Wildman–Crippen MR) is 106 cm³/mol. The average molecular weight is 417 g/mol. The Hall–Kier alpha value is -3.10. The highest BCUT2D eigenvalue weighted by atomic mass is 16.5. The molecular formula is C21H27N3O6. The lowest BCUT2D eigenvalue weighted by molar-refractivity contribution is -0.148. The Kier molecular flexibility index (Phi) is 6.91. The van der Waals surface area contributed by atoms with Gasteiger partial charge in [-0.15, -0.1) is 0 Å². The fourth-order valence-electron chi connectivity index (χ4n) is 3.79. The number of methoxy groups -OCH3 is 1. The molecule has 3 rings (SSSR count). The molecule has 162 valence electrons. The molecule has 1 aliphatic heterocycles. The minimum atomic E-state index is -0.737. The monoisotopic (exact) mass is 417 g/mol. The molecule has 2 N–H and O–H groups in total. The zero-order valence-electron chi connectivity index (χ0n) is 17.1. The van der Waals surface area contributed by atoms with Gasteiger partial charge in [0.2, 0.25) is 0 Å². The normalized spacial score (nSPS) is 17.2. The van der Waals surface area contributed by atoms with E-state index in [-0.39, 0.29) is 25.5 Å². The Bertz CT molecular complexity index is 801. The van der Waals surface area contributed by atoms with E-state index < -0.39 is 23.4 Å². The molecular weight excluding hydrogens is 390 g/mol. The van der Waals surface area contributed by atoms with Gasteiger partial charge in [-0.3, -0.25) is 19.3 Å². The van der Waals surface area contributed by atoms with Crippen molar-refractivity contribution in [1.29, 1.82) is 0 Å². The van der Waals surface area contributed by atoms with Crippen molar-refractivity contribution < 1.29 is 28.7 Å². The van der Waals surface area contributed by atoms with Crippen LogP contribution in [0.2, 0.25) is 0 Å². The van der Waals surface area contributed by atoms with Crippen molar-refractivity contribution in [2.75, 3.05) is 20.3 Å². The topological polar surface area (TPSA) is 114 Å². The number of carbonyl (C=O) groups excluding carboxylic acids is 4. The molecule has 1 aromatic rings. The van der Waals surface area contributed by atoms with Crippen LogP contribution in [0, 0.1) is 0 Å². The molecule has 1 spiro atoms. The number of benzene rings is 1. The van der Waals surface area contributed by atoms with Gasteiger partial charge < -0.3 is 20.1 Å². The van der Waals surface area contributed by atoms with Gasteiger partial charge in [0.05, 0.1) is 7.11 Å². The van der Waals surface area contributed by atoms with Gasteiger partial charge in [0.25, 0.3) is 11.8 Å². The van der Waals surface area contributed by atoms with Crippen molar-refractivity contribution in [2.45, 2.75) is 50.6 Å². The summed E-state index contributed by atoms with van der Waals surface area (Å²) in [6.07, 6.45) is 3.50. The van der Waals surface area contributed by atoms with Crippen molar-refractivity contribution in [3.8, 4) is 5.75 Å². The van der Waals surface area contributed by atoms with E-state index in [2.05, 4.69) is 10.6 Å². The van der Waals surface area contributed by atoms with E-state index in [1.165, 1.54) is 4.90 Å². The predicted octanol–water partition coefficient (Wildman–Crippen LogP) is 1.50. The van der Waals surface area contributed by atoms with Crippen molar-refractivity contribution in [1.82, 2.24) is 15.5 Å². The summed E-state index contributed by atoms with van der Waals surface area (Å²) in [7, 11) is 1.58. The summed E-state index contributed by atoms with van der Waals surface area (Å²) in [5, 5.41) is 5.47. The lowest BCUT2D eigenvalue weighted by atomic mass is 9.98. The van der Waals surface area contributed by atoms with E-state index in [4.69, 9.17) is 9.47 Å². The van der Waals surface area contributed by atoms with Crippen molar-refractivity contribution in [2.24, 2.45) is 0 Å². The molecule has 1 aromatic carbocycles. The maximum atomic E-state index is 12.5. The smallest absolute Gasteiger partial charge is 0.325 e. The number of nitrogens with zero attached hydrogens (tertiary/aromatic N) is 1. The number of urea groups is 1. The number of ether oxygens (including phenoxy) is 2. The first-order chi connectivity index (χ1) is 14.4. The summed E-state index contributed by atoms with van der Waals surface area (Å²) in [6.45, 7) is 0.0979. The van der Waals surface area contributed by atoms with Gasteiger partial charge in [-0.05, 0) is 37.0 Å². The first-order valence-electron chi connectivity index (χ1n) is 10.1. The summed E-state index contributed by atoms with van der Waals surface area (Å²) in [4.78, 5) is 49.5. The number of carbonyl (C=O) groups is 4. The molecule has 1 aliphatic carbocycles. The molecule has 0 aromatic heterocycles. The van der Waals surface area contributed by atoms with Crippen LogP contribution in [0.5, 0.6) is 5.75 Å². The van der Waals surface area contributed by atoms with E-state index >= 15 is 0 Å². The van der Waals surface area contributed by atoms with Crippen LogP contribution in [0.3, 0.4) is 0 Å². The third-order valence-electron chi connectivity index (χ3n) is 5.48. The maximum Gasteiger partial charge on any atom is 0.325 e. The number of hydrogen-bond acceptors (Lipinski definition) is 6. The number of rotatable bonds is 9. The molecule has 9 nitrogen and oxygen atoms in total.